The van der Waals surface area contributed by atoms with Crippen LogP contribution in [0, 0.1) is 0 Å². The molecule has 0 atom stereocenters. The van der Waals surface area contributed by atoms with Crippen LogP contribution < -0.4 is 14.8 Å². The molecule has 0 saturated carbocycles. The van der Waals surface area contributed by atoms with Gasteiger partial charge in [0.25, 0.3) is 0 Å². The van der Waals surface area contributed by atoms with Crippen molar-refractivity contribution in [2.24, 2.45) is 0 Å². The third kappa shape index (κ3) is 2.95. The number of fused-ring (bicyclic) bond motifs is 1. The molecule has 1 aliphatic rings. The second kappa shape index (κ2) is 5.80. The van der Waals surface area contributed by atoms with E-state index in [-0.39, 0.29) is 12.5 Å². The molecule has 110 valence electrons. The van der Waals surface area contributed by atoms with Crippen molar-refractivity contribution in [3.8, 4) is 11.5 Å². The van der Waals surface area contributed by atoms with Crippen LogP contribution in [0.2, 0.25) is 0 Å². The van der Waals surface area contributed by atoms with Crippen molar-refractivity contribution in [3.63, 3.8) is 0 Å². The fourth-order valence-electron chi connectivity index (χ4n) is 2.05. The number of carbonyl (C=O) groups is 1. The van der Waals surface area contributed by atoms with Crippen LogP contribution in [0.3, 0.4) is 0 Å². The van der Waals surface area contributed by atoms with E-state index in [0.717, 1.165) is 17.1 Å². The zero-order valence-corrected chi connectivity index (χ0v) is 11.2. The van der Waals surface area contributed by atoms with Gasteiger partial charge in [-0.25, -0.2) is 4.79 Å². The van der Waals surface area contributed by atoms with Crippen molar-refractivity contribution in [2.45, 2.75) is 13.1 Å². The molecule has 0 amide bonds. The summed E-state index contributed by atoms with van der Waals surface area (Å²) >= 11 is 0. The summed E-state index contributed by atoms with van der Waals surface area (Å²) in [4.78, 5) is 10.7. The number of hydrogen-bond acceptors (Lipinski definition) is 6. The maximum Gasteiger partial charge on any atom is 0.358 e. The average Bonchev–Trinajstić information content (AvgIpc) is 3.12. The van der Waals surface area contributed by atoms with Crippen molar-refractivity contribution in [2.75, 3.05) is 13.3 Å². The zero-order chi connectivity index (χ0) is 14.7. The normalized spacial score (nSPS) is 12.6. The van der Waals surface area contributed by atoms with Gasteiger partial charge in [-0.1, -0.05) is 17.3 Å². The first-order valence-corrected chi connectivity index (χ1v) is 6.45. The van der Waals surface area contributed by atoms with Gasteiger partial charge in [0.1, 0.15) is 0 Å². The smallest absolute Gasteiger partial charge is 0.358 e. The highest BCUT2D eigenvalue weighted by atomic mass is 16.7. The third-order valence-corrected chi connectivity index (χ3v) is 3.07. The number of aromatic carboxylic acids is 1. The topological polar surface area (TPSA) is 98.5 Å². The van der Waals surface area contributed by atoms with Gasteiger partial charge in [-0.05, 0) is 6.07 Å². The van der Waals surface area contributed by atoms with Gasteiger partial charge in [0.15, 0.2) is 17.2 Å². The van der Waals surface area contributed by atoms with E-state index in [4.69, 9.17) is 14.6 Å². The Morgan fingerprint density at radius 1 is 1.43 bits per heavy atom. The lowest BCUT2D eigenvalue weighted by Crippen LogP contribution is -2.20. The van der Waals surface area contributed by atoms with Gasteiger partial charge >= 0.3 is 5.97 Å². The van der Waals surface area contributed by atoms with Crippen molar-refractivity contribution in [3.05, 3.63) is 35.7 Å². The minimum atomic E-state index is -1.08. The lowest BCUT2D eigenvalue weighted by atomic mass is 10.2. The molecule has 8 heteroatoms. The van der Waals surface area contributed by atoms with Crippen LogP contribution in [0.4, 0.5) is 0 Å². The summed E-state index contributed by atoms with van der Waals surface area (Å²) in [6, 6.07) is 5.76. The van der Waals surface area contributed by atoms with Crippen LogP contribution in [-0.4, -0.2) is 39.4 Å². The number of benzene rings is 1. The number of para-hydroxylation sites is 1. The molecular formula is C13H14N4O4. The quantitative estimate of drug-likeness (QED) is 0.747. The van der Waals surface area contributed by atoms with Gasteiger partial charge in [0, 0.05) is 18.7 Å². The van der Waals surface area contributed by atoms with Crippen molar-refractivity contribution >= 4 is 5.97 Å². The molecule has 2 heterocycles. The van der Waals surface area contributed by atoms with E-state index >= 15 is 0 Å². The number of rotatable bonds is 6. The Morgan fingerprint density at radius 2 is 2.33 bits per heavy atom. The van der Waals surface area contributed by atoms with E-state index in [1.165, 1.54) is 10.9 Å². The predicted octanol–water partition coefficient (Wildman–Crippen LogP) is 0.495. The van der Waals surface area contributed by atoms with Crippen molar-refractivity contribution < 1.29 is 19.4 Å². The number of carboxylic acid groups (broad SMARTS) is 1. The lowest BCUT2D eigenvalue weighted by molar-refractivity contribution is 0.0690. The van der Waals surface area contributed by atoms with E-state index < -0.39 is 5.97 Å². The molecule has 21 heavy (non-hydrogen) atoms. The molecule has 0 fully saturated rings. The van der Waals surface area contributed by atoms with Crippen LogP contribution in [0.15, 0.2) is 24.4 Å². The largest absolute Gasteiger partial charge is 0.476 e. The molecule has 0 bridgehead atoms. The van der Waals surface area contributed by atoms with Gasteiger partial charge < -0.3 is 19.9 Å². The first kappa shape index (κ1) is 13.4. The predicted molar refractivity (Wildman–Crippen MR) is 71.3 cm³/mol. The van der Waals surface area contributed by atoms with Gasteiger partial charge in [0.2, 0.25) is 6.79 Å². The molecular weight excluding hydrogens is 276 g/mol. The van der Waals surface area contributed by atoms with E-state index in [0.29, 0.717) is 19.6 Å². The number of ether oxygens (including phenoxy) is 2. The molecule has 1 aliphatic heterocycles. The van der Waals surface area contributed by atoms with E-state index in [2.05, 4.69) is 15.6 Å². The fraction of sp³-hybridized carbons (Fsp3) is 0.308. The number of nitrogens with zero attached hydrogens (tertiary/aromatic N) is 3. The Morgan fingerprint density at radius 3 is 3.14 bits per heavy atom. The number of aromatic nitrogens is 3. The summed E-state index contributed by atoms with van der Waals surface area (Å²) in [6.07, 6.45) is 1.40. The van der Waals surface area contributed by atoms with Crippen LogP contribution >= 0.6 is 0 Å². The number of nitrogens with one attached hydrogen (secondary N) is 1. The maximum absolute atomic E-state index is 10.7. The van der Waals surface area contributed by atoms with Crippen LogP contribution in [0.5, 0.6) is 11.5 Å². The Hall–Kier alpha value is -2.61. The van der Waals surface area contributed by atoms with Gasteiger partial charge in [-0.2, -0.15) is 0 Å². The van der Waals surface area contributed by atoms with Crippen LogP contribution in [-0.2, 0) is 13.1 Å². The molecule has 3 rings (SSSR count). The molecule has 8 nitrogen and oxygen atoms in total. The molecule has 0 unspecified atom stereocenters. The average molecular weight is 290 g/mol. The highest BCUT2D eigenvalue weighted by Gasteiger charge is 2.16. The first-order chi connectivity index (χ1) is 10.2. The monoisotopic (exact) mass is 290 g/mol. The van der Waals surface area contributed by atoms with Crippen molar-refractivity contribution in [1.82, 2.24) is 20.3 Å². The summed E-state index contributed by atoms with van der Waals surface area (Å²) in [7, 11) is 0. The van der Waals surface area contributed by atoms with E-state index in [1.54, 1.807) is 0 Å². The molecule has 0 spiro atoms. The summed E-state index contributed by atoms with van der Waals surface area (Å²) in [5, 5.41) is 19.3. The molecule has 0 saturated heterocycles. The SMILES string of the molecule is O=C(O)c1cn(CCNCc2cccc3c2OCO3)nn1. The molecule has 1 aromatic heterocycles. The minimum absolute atomic E-state index is 0.0542. The van der Waals surface area contributed by atoms with E-state index in [9.17, 15) is 4.79 Å². The van der Waals surface area contributed by atoms with Gasteiger partial charge in [-0.15, -0.1) is 5.10 Å². The van der Waals surface area contributed by atoms with Crippen LogP contribution in [0.1, 0.15) is 16.1 Å². The lowest BCUT2D eigenvalue weighted by Gasteiger charge is -2.07. The Bertz CT molecular complexity index is 655. The molecule has 0 radical (unpaired) electrons. The summed E-state index contributed by atoms with van der Waals surface area (Å²) < 4.78 is 12.2. The standard InChI is InChI=1S/C13H14N4O4/c18-13(19)10-7-17(16-15-10)5-4-14-6-9-2-1-3-11-12(9)21-8-20-11/h1-3,7,14H,4-6,8H2,(H,18,19). The Labute approximate surface area is 120 Å². The molecule has 2 aromatic rings. The summed E-state index contributed by atoms with van der Waals surface area (Å²) in [5.74, 6) is 0.460. The molecule has 0 aliphatic carbocycles. The highest BCUT2D eigenvalue weighted by Crippen LogP contribution is 2.35. The second-order valence-electron chi connectivity index (χ2n) is 4.50. The second-order valence-corrected chi connectivity index (χ2v) is 4.50. The minimum Gasteiger partial charge on any atom is -0.476 e. The fourth-order valence-corrected chi connectivity index (χ4v) is 2.05. The number of carboxylic acids is 1. The zero-order valence-electron chi connectivity index (χ0n) is 11.2. The molecule has 2 N–H and O–H groups in total. The Kier molecular flexibility index (Phi) is 3.69. The Balaban J connectivity index is 1.50. The number of hydrogen-bond donors (Lipinski definition) is 2. The van der Waals surface area contributed by atoms with Gasteiger partial charge in [-0.3, -0.25) is 4.68 Å². The molecule has 1 aromatic carbocycles. The summed E-state index contributed by atoms with van der Waals surface area (Å²) in [6.45, 7) is 2.05. The van der Waals surface area contributed by atoms with E-state index in [1.807, 2.05) is 18.2 Å². The third-order valence-electron chi connectivity index (χ3n) is 3.07. The first-order valence-electron chi connectivity index (χ1n) is 6.45. The van der Waals surface area contributed by atoms with Crippen molar-refractivity contribution in [1.29, 1.82) is 0 Å². The summed E-state index contributed by atoms with van der Waals surface area (Å²) in [5.41, 5.74) is 0.969. The maximum atomic E-state index is 10.7. The highest BCUT2D eigenvalue weighted by molar-refractivity contribution is 5.84. The van der Waals surface area contributed by atoms with Gasteiger partial charge in [0.05, 0.1) is 12.7 Å². The van der Waals surface area contributed by atoms with Crippen LogP contribution in [0.25, 0.3) is 0 Å².